The predicted molar refractivity (Wildman–Crippen MR) is 139 cm³/mol. The van der Waals surface area contributed by atoms with Gasteiger partial charge in [0.1, 0.15) is 22.8 Å². The molecule has 35 heavy (non-hydrogen) atoms. The van der Waals surface area contributed by atoms with Crippen LogP contribution in [-0.2, 0) is 4.79 Å². The van der Waals surface area contributed by atoms with Crippen molar-refractivity contribution in [1.82, 2.24) is 0 Å². The van der Waals surface area contributed by atoms with Crippen molar-refractivity contribution in [2.45, 2.75) is 33.6 Å². The first-order valence-electron chi connectivity index (χ1n) is 11.5. The van der Waals surface area contributed by atoms with Gasteiger partial charge in [-0.3, -0.25) is 9.59 Å². The molecular weight excluding hydrogens is 442 g/mol. The highest BCUT2D eigenvalue weighted by molar-refractivity contribution is 5.93. The molecule has 1 heterocycles. The summed E-state index contributed by atoms with van der Waals surface area (Å²) < 4.78 is 16.9. The van der Waals surface area contributed by atoms with Gasteiger partial charge in [-0.1, -0.05) is 44.2 Å². The highest BCUT2D eigenvalue weighted by Gasteiger charge is 2.16. The van der Waals surface area contributed by atoms with Crippen molar-refractivity contribution in [2.75, 3.05) is 19.0 Å². The van der Waals surface area contributed by atoms with Crippen molar-refractivity contribution < 1.29 is 18.7 Å². The number of nitrogens with one attached hydrogen (secondary N) is 1. The van der Waals surface area contributed by atoms with Crippen molar-refractivity contribution >= 4 is 22.6 Å². The van der Waals surface area contributed by atoms with Gasteiger partial charge < -0.3 is 19.2 Å². The zero-order valence-electron chi connectivity index (χ0n) is 20.6. The lowest BCUT2D eigenvalue weighted by Crippen LogP contribution is -2.21. The third-order valence-electron chi connectivity index (χ3n) is 5.98. The Labute approximate surface area is 204 Å². The fourth-order valence-electron chi connectivity index (χ4n) is 4.13. The minimum Gasteiger partial charge on any atom is -0.497 e. The fourth-order valence-corrected chi connectivity index (χ4v) is 4.13. The third kappa shape index (κ3) is 5.06. The molecule has 6 nitrogen and oxygen atoms in total. The van der Waals surface area contributed by atoms with Gasteiger partial charge in [-0.2, -0.15) is 0 Å². The van der Waals surface area contributed by atoms with Gasteiger partial charge in [-0.05, 0) is 60.7 Å². The van der Waals surface area contributed by atoms with Crippen molar-refractivity contribution in [3.63, 3.8) is 0 Å². The molecule has 1 N–H and O–H groups in total. The van der Waals surface area contributed by atoms with Crippen molar-refractivity contribution in [3.05, 3.63) is 87.8 Å². The summed E-state index contributed by atoms with van der Waals surface area (Å²) in [6.45, 7) is 7.74. The molecule has 0 spiro atoms. The summed E-state index contributed by atoms with van der Waals surface area (Å²) in [6.07, 6.45) is 0. The van der Waals surface area contributed by atoms with Gasteiger partial charge in [0.25, 0.3) is 5.91 Å². The number of aryl methyl sites for hydroxylation is 2. The fraction of sp³-hybridized carbons (Fsp3) is 0.241. The van der Waals surface area contributed by atoms with Crippen LogP contribution in [0.4, 0.5) is 5.69 Å². The zero-order chi connectivity index (χ0) is 25.1. The molecule has 1 amide bonds. The Morgan fingerprint density at radius 1 is 1.00 bits per heavy atom. The predicted octanol–water partition coefficient (Wildman–Crippen LogP) is 6.23. The number of anilines is 1. The Morgan fingerprint density at radius 2 is 1.71 bits per heavy atom. The Balaban J connectivity index is 1.54. The summed E-state index contributed by atoms with van der Waals surface area (Å²) >= 11 is 0. The normalized spacial score (nSPS) is 11.0. The molecule has 4 rings (SSSR count). The van der Waals surface area contributed by atoms with E-state index in [2.05, 4.69) is 19.2 Å². The van der Waals surface area contributed by atoms with Gasteiger partial charge in [-0.15, -0.1) is 0 Å². The quantitative estimate of drug-likeness (QED) is 0.346. The number of amides is 1. The minimum absolute atomic E-state index is 0.126. The maximum atomic E-state index is 13.2. The lowest BCUT2D eigenvalue weighted by Gasteiger charge is -2.16. The molecular formula is C29H29NO5. The summed E-state index contributed by atoms with van der Waals surface area (Å²) in [4.78, 5) is 25.8. The molecule has 0 unspecified atom stereocenters. The lowest BCUT2D eigenvalue weighted by atomic mass is 9.98. The maximum absolute atomic E-state index is 13.2. The lowest BCUT2D eigenvalue weighted by molar-refractivity contribution is -0.118. The average Bonchev–Trinajstić information content (AvgIpc) is 2.84. The summed E-state index contributed by atoms with van der Waals surface area (Å²) in [5, 5.41) is 3.42. The summed E-state index contributed by atoms with van der Waals surface area (Å²) in [5.41, 5.74) is 4.44. The number of ether oxygens (including phenoxy) is 2. The molecule has 4 aromatic rings. The van der Waals surface area contributed by atoms with Gasteiger partial charge in [0, 0.05) is 11.8 Å². The second-order valence-electron chi connectivity index (χ2n) is 8.78. The first kappa shape index (κ1) is 24.1. The van der Waals surface area contributed by atoms with E-state index in [1.165, 1.54) is 0 Å². The molecule has 0 aliphatic rings. The molecule has 6 heteroatoms. The largest absolute Gasteiger partial charge is 0.497 e. The molecule has 0 radical (unpaired) electrons. The van der Waals surface area contributed by atoms with Gasteiger partial charge >= 0.3 is 0 Å². The number of rotatable bonds is 7. The van der Waals surface area contributed by atoms with E-state index >= 15 is 0 Å². The van der Waals surface area contributed by atoms with Gasteiger partial charge in [0.2, 0.25) is 5.43 Å². The van der Waals surface area contributed by atoms with Crippen molar-refractivity contribution in [1.29, 1.82) is 0 Å². The van der Waals surface area contributed by atoms with Crippen LogP contribution in [0.5, 0.6) is 11.5 Å². The monoisotopic (exact) mass is 471 g/mol. The zero-order valence-corrected chi connectivity index (χ0v) is 20.6. The molecule has 180 valence electrons. The summed E-state index contributed by atoms with van der Waals surface area (Å²) in [5.74, 6) is 1.68. The topological polar surface area (TPSA) is 77.8 Å². The second kappa shape index (κ2) is 10.1. The third-order valence-corrected chi connectivity index (χ3v) is 5.98. The summed E-state index contributed by atoms with van der Waals surface area (Å²) in [6, 6.07) is 18.2. The maximum Gasteiger partial charge on any atom is 0.262 e. The molecule has 0 aliphatic heterocycles. The molecule has 0 aliphatic carbocycles. The smallest absolute Gasteiger partial charge is 0.262 e. The van der Waals surface area contributed by atoms with E-state index < -0.39 is 0 Å². The standard InChI is InChI=1S/C29H29NO5/c1-17(2)23-8-6-7-18(3)28(23)30-26(31)16-34-22-13-14-24-25(15-22)35-19(4)27(29(24)32)20-9-11-21(33-5)12-10-20/h6-15,17H,16H2,1-5H3,(H,30,31). The van der Waals surface area contributed by atoms with Crippen LogP contribution >= 0.6 is 0 Å². The molecule has 1 aromatic heterocycles. The average molecular weight is 472 g/mol. The number of hydrogen-bond donors (Lipinski definition) is 1. The number of carbonyl (C=O) groups is 1. The minimum atomic E-state index is -0.256. The molecule has 0 atom stereocenters. The molecule has 0 bridgehead atoms. The first-order chi connectivity index (χ1) is 16.8. The van der Waals surface area contributed by atoms with E-state index in [0.717, 1.165) is 22.4 Å². The van der Waals surface area contributed by atoms with E-state index in [-0.39, 0.29) is 23.9 Å². The molecule has 0 saturated heterocycles. The summed E-state index contributed by atoms with van der Waals surface area (Å²) in [7, 11) is 1.60. The highest BCUT2D eigenvalue weighted by Crippen LogP contribution is 2.29. The number of methoxy groups -OCH3 is 1. The Morgan fingerprint density at radius 3 is 2.40 bits per heavy atom. The highest BCUT2D eigenvalue weighted by atomic mass is 16.5. The van der Waals surface area contributed by atoms with Crippen LogP contribution in [0.1, 0.15) is 36.7 Å². The van der Waals surface area contributed by atoms with E-state index in [1.807, 2.05) is 37.3 Å². The molecule has 3 aromatic carbocycles. The van der Waals surface area contributed by atoms with Crippen molar-refractivity contribution in [3.8, 4) is 22.6 Å². The number of carbonyl (C=O) groups excluding carboxylic acids is 1. The van der Waals surface area contributed by atoms with Crippen LogP contribution in [-0.4, -0.2) is 19.6 Å². The van der Waals surface area contributed by atoms with E-state index in [4.69, 9.17) is 13.9 Å². The van der Waals surface area contributed by atoms with Crippen LogP contribution in [0.15, 0.2) is 69.9 Å². The first-order valence-corrected chi connectivity index (χ1v) is 11.5. The number of fused-ring (bicyclic) bond motifs is 1. The second-order valence-corrected chi connectivity index (χ2v) is 8.78. The van der Waals surface area contributed by atoms with E-state index in [0.29, 0.717) is 33.8 Å². The van der Waals surface area contributed by atoms with E-state index in [1.54, 1.807) is 44.4 Å². The number of benzene rings is 3. The number of hydrogen-bond acceptors (Lipinski definition) is 5. The Kier molecular flexibility index (Phi) is 6.92. The number of para-hydroxylation sites is 1. The molecule has 0 saturated carbocycles. The van der Waals surface area contributed by atoms with Crippen LogP contribution in [0.3, 0.4) is 0 Å². The van der Waals surface area contributed by atoms with Crippen LogP contribution < -0.4 is 20.2 Å². The van der Waals surface area contributed by atoms with Crippen molar-refractivity contribution in [2.24, 2.45) is 0 Å². The Hall–Kier alpha value is -4.06. The SMILES string of the molecule is COc1ccc(-c2c(C)oc3cc(OCC(=O)Nc4c(C)cccc4C(C)C)ccc3c2=O)cc1. The van der Waals surface area contributed by atoms with Gasteiger partial charge in [0.05, 0.1) is 18.1 Å². The van der Waals surface area contributed by atoms with Crippen LogP contribution in [0.25, 0.3) is 22.1 Å². The van der Waals surface area contributed by atoms with Crippen LogP contribution in [0, 0.1) is 13.8 Å². The van der Waals surface area contributed by atoms with Crippen LogP contribution in [0.2, 0.25) is 0 Å². The molecule has 0 fully saturated rings. The van der Waals surface area contributed by atoms with E-state index in [9.17, 15) is 9.59 Å². The van der Waals surface area contributed by atoms with Gasteiger partial charge in [0.15, 0.2) is 6.61 Å². The van der Waals surface area contributed by atoms with Gasteiger partial charge in [-0.25, -0.2) is 0 Å². The Bertz CT molecular complexity index is 1430.